The first kappa shape index (κ1) is 25.4. The summed E-state index contributed by atoms with van der Waals surface area (Å²) in [5, 5.41) is 13.5. The molecule has 0 bridgehead atoms. The summed E-state index contributed by atoms with van der Waals surface area (Å²) < 4.78 is 15.1. The van der Waals surface area contributed by atoms with Crippen molar-refractivity contribution in [2.45, 2.75) is 70.3 Å². The van der Waals surface area contributed by atoms with Crippen molar-refractivity contribution >= 4 is 27.3 Å². The maximum absolute atomic E-state index is 14.4. The van der Waals surface area contributed by atoms with Crippen LogP contribution in [0.25, 0.3) is 0 Å². The van der Waals surface area contributed by atoms with Crippen LogP contribution in [0.5, 0.6) is 0 Å². The Labute approximate surface area is 212 Å². The molecule has 1 radical (unpaired) electrons. The van der Waals surface area contributed by atoms with E-state index in [1.807, 2.05) is 18.2 Å². The van der Waals surface area contributed by atoms with Gasteiger partial charge in [-0.2, -0.15) is 6.07 Å². The zero-order valence-corrected chi connectivity index (χ0v) is 22.3. The van der Waals surface area contributed by atoms with Crippen LogP contribution in [0.1, 0.15) is 79.9 Å². The summed E-state index contributed by atoms with van der Waals surface area (Å²) in [7, 11) is 0. The molecule has 1 nitrogen and oxygen atoms in total. The van der Waals surface area contributed by atoms with E-state index < -0.39 is 6.10 Å². The summed E-state index contributed by atoms with van der Waals surface area (Å²) in [5.41, 5.74) is 2.10. The first-order chi connectivity index (χ1) is 13.6. The SMILES string of the molecule is CCCCCC(O)c1ccc(C2C(Br)=C(F)C[C@@H]2CCCc2cc[c-]s2)cc1.[Y]. The molecular weight excluding hydrogens is 524 g/mol. The summed E-state index contributed by atoms with van der Waals surface area (Å²) in [5.74, 6) is 0.364. The smallest absolute Gasteiger partial charge is 0.111 e. The fraction of sp³-hybridized carbons (Fsp3) is 0.500. The second kappa shape index (κ2) is 12.9. The molecule has 1 aliphatic carbocycles. The Balaban J connectivity index is 0.00000300. The van der Waals surface area contributed by atoms with Crippen molar-refractivity contribution in [2.75, 3.05) is 0 Å². The van der Waals surface area contributed by atoms with Gasteiger partial charge in [0.1, 0.15) is 5.83 Å². The molecule has 0 fully saturated rings. The van der Waals surface area contributed by atoms with Crippen molar-refractivity contribution in [1.29, 1.82) is 0 Å². The molecule has 2 unspecified atom stereocenters. The number of aryl methyl sites for hydroxylation is 1. The Bertz CT molecular complexity index is 760. The first-order valence-electron chi connectivity index (χ1n) is 10.4. The molecule has 5 heteroatoms. The normalized spacial score (nSPS) is 20.0. The predicted octanol–water partition coefficient (Wildman–Crippen LogP) is 7.86. The van der Waals surface area contributed by atoms with Gasteiger partial charge in [-0.1, -0.05) is 79.2 Å². The Morgan fingerprint density at radius 3 is 2.62 bits per heavy atom. The quantitative estimate of drug-likeness (QED) is 0.235. The van der Waals surface area contributed by atoms with E-state index in [0.29, 0.717) is 16.8 Å². The van der Waals surface area contributed by atoms with Crippen molar-refractivity contribution in [1.82, 2.24) is 0 Å². The number of unbranched alkanes of at least 4 members (excludes halogenated alkanes) is 2. The van der Waals surface area contributed by atoms with Crippen LogP contribution in [0.15, 0.2) is 46.7 Å². The average Bonchev–Trinajstić information content (AvgIpc) is 3.31. The number of hydrogen-bond donors (Lipinski definition) is 1. The van der Waals surface area contributed by atoms with Crippen molar-refractivity contribution < 1.29 is 42.2 Å². The second-order valence-corrected chi connectivity index (χ2v) is 9.60. The summed E-state index contributed by atoms with van der Waals surface area (Å²) >= 11 is 5.19. The molecule has 1 heterocycles. The number of benzene rings is 1. The Morgan fingerprint density at radius 2 is 1.97 bits per heavy atom. The van der Waals surface area contributed by atoms with Gasteiger partial charge in [-0.3, -0.25) is 0 Å². The zero-order valence-electron chi connectivity index (χ0n) is 17.0. The summed E-state index contributed by atoms with van der Waals surface area (Å²) in [6, 6.07) is 12.3. The van der Waals surface area contributed by atoms with Gasteiger partial charge < -0.3 is 16.4 Å². The third-order valence-electron chi connectivity index (χ3n) is 5.73. The van der Waals surface area contributed by atoms with Crippen LogP contribution < -0.4 is 0 Å². The van der Waals surface area contributed by atoms with E-state index in [2.05, 4.69) is 46.4 Å². The molecule has 155 valence electrons. The van der Waals surface area contributed by atoms with Crippen LogP contribution in [0.2, 0.25) is 0 Å². The molecular formula is C24H29BrFOSY-. The number of rotatable bonds is 10. The van der Waals surface area contributed by atoms with Crippen molar-refractivity contribution in [3.05, 3.63) is 68.1 Å². The number of halogens is 2. The van der Waals surface area contributed by atoms with E-state index in [0.717, 1.165) is 56.1 Å². The van der Waals surface area contributed by atoms with Crippen LogP contribution >= 0.6 is 27.3 Å². The van der Waals surface area contributed by atoms with E-state index in [9.17, 15) is 9.50 Å². The standard InChI is InChI=1S/C24H29BrFOS.Y/c1-2-3-4-10-22(27)17-11-13-18(14-12-17)23-19(16-21(26)24(23)25)7-5-8-20-9-6-15-28-20;/h6,9,11-14,19,22-23,27H,2-5,7-8,10,16H2,1H3;/q-1;/t19-,22?,23?;/m0./s1. The molecule has 0 saturated carbocycles. The second-order valence-electron chi connectivity index (χ2n) is 7.78. The maximum atomic E-state index is 14.4. The molecule has 29 heavy (non-hydrogen) atoms. The number of hydrogen-bond acceptors (Lipinski definition) is 2. The topological polar surface area (TPSA) is 20.2 Å². The first-order valence-corrected chi connectivity index (χ1v) is 12.0. The molecule has 1 aromatic carbocycles. The van der Waals surface area contributed by atoms with Gasteiger partial charge in [0.15, 0.2) is 0 Å². The monoisotopic (exact) mass is 552 g/mol. The Kier molecular flexibility index (Phi) is 11.3. The van der Waals surface area contributed by atoms with E-state index in [1.54, 1.807) is 11.3 Å². The van der Waals surface area contributed by atoms with Crippen LogP contribution in [-0.4, -0.2) is 5.11 Å². The molecule has 0 saturated heterocycles. The molecule has 3 rings (SSSR count). The molecule has 0 amide bonds. The third kappa shape index (κ3) is 7.07. The molecule has 0 spiro atoms. The van der Waals surface area contributed by atoms with Gasteiger partial charge in [-0.25, -0.2) is 10.5 Å². The van der Waals surface area contributed by atoms with Crippen LogP contribution in [0, 0.1) is 11.3 Å². The number of aliphatic hydroxyl groups excluding tert-OH is 1. The fourth-order valence-corrected chi connectivity index (χ4v) is 5.60. The molecule has 1 N–H and O–H groups in total. The largest absolute Gasteiger partial charge is 0.388 e. The number of thiophene rings is 1. The molecule has 3 atom stereocenters. The molecule has 2 aromatic rings. The Morgan fingerprint density at radius 1 is 1.21 bits per heavy atom. The average molecular weight is 553 g/mol. The van der Waals surface area contributed by atoms with Gasteiger partial charge in [0.05, 0.1) is 6.10 Å². The maximum Gasteiger partial charge on any atom is 0.111 e. The van der Waals surface area contributed by atoms with Crippen molar-refractivity contribution in [3.63, 3.8) is 0 Å². The van der Waals surface area contributed by atoms with Gasteiger partial charge in [0, 0.05) is 49.5 Å². The summed E-state index contributed by atoms with van der Waals surface area (Å²) in [4.78, 5) is 1.35. The summed E-state index contributed by atoms with van der Waals surface area (Å²) in [6.07, 6.45) is 7.39. The van der Waals surface area contributed by atoms with Gasteiger partial charge in [0.25, 0.3) is 0 Å². The van der Waals surface area contributed by atoms with Crippen LogP contribution in [-0.2, 0) is 39.1 Å². The molecule has 0 aliphatic heterocycles. The minimum absolute atomic E-state index is 0. The fourth-order valence-electron chi connectivity index (χ4n) is 4.13. The molecule has 1 aliphatic rings. The minimum Gasteiger partial charge on any atom is -0.388 e. The van der Waals surface area contributed by atoms with Gasteiger partial charge >= 0.3 is 0 Å². The van der Waals surface area contributed by atoms with E-state index >= 15 is 0 Å². The minimum atomic E-state index is -0.404. The molecule has 1 aromatic heterocycles. The van der Waals surface area contributed by atoms with Crippen molar-refractivity contribution in [3.8, 4) is 0 Å². The van der Waals surface area contributed by atoms with Crippen molar-refractivity contribution in [2.24, 2.45) is 5.92 Å². The number of aliphatic hydroxyl groups is 1. The van der Waals surface area contributed by atoms with Gasteiger partial charge in [-0.15, -0.1) is 10.3 Å². The van der Waals surface area contributed by atoms with Crippen LogP contribution in [0.3, 0.4) is 0 Å². The number of allylic oxidation sites excluding steroid dienone is 2. The van der Waals surface area contributed by atoms with E-state index in [-0.39, 0.29) is 44.5 Å². The van der Waals surface area contributed by atoms with E-state index in [4.69, 9.17) is 0 Å². The third-order valence-corrected chi connectivity index (χ3v) is 7.51. The van der Waals surface area contributed by atoms with Gasteiger partial charge in [-0.05, 0) is 29.9 Å². The predicted molar refractivity (Wildman–Crippen MR) is 120 cm³/mol. The zero-order chi connectivity index (χ0) is 19.9. The van der Waals surface area contributed by atoms with Gasteiger partial charge in [0.2, 0.25) is 0 Å². The Hall–Kier alpha value is 0.134. The van der Waals surface area contributed by atoms with E-state index in [1.165, 1.54) is 4.88 Å². The van der Waals surface area contributed by atoms with Crippen LogP contribution in [0.4, 0.5) is 4.39 Å². The summed E-state index contributed by atoms with van der Waals surface area (Å²) in [6.45, 7) is 2.17.